The van der Waals surface area contributed by atoms with Gasteiger partial charge in [0.1, 0.15) is 0 Å². The number of nitrogens with one attached hydrogen (secondary N) is 1. The third-order valence-corrected chi connectivity index (χ3v) is 2.85. The molecule has 0 bridgehead atoms. The number of amides is 1. The summed E-state index contributed by atoms with van der Waals surface area (Å²) in [4.78, 5) is 11.6. The van der Waals surface area contributed by atoms with E-state index in [0.717, 1.165) is 12.8 Å². The summed E-state index contributed by atoms with van der Waals surface area (Å²) in [5.41, 5.74) is -0.138. The van der Waals surface area contributed by atoms with Gasteiger partial charge in [0.2, 0.25) is 5.91 Å². The van der Waals surface area contributed by atoms with Crippen LogP contribution in [0.25, 0.3) is 0 Å². The molecule has 94 valence electrons. The molecule has 1 aliphatic rings. The molecule has 1 aliphatic heterocycles. The van der Waals surface area contributed by atoms with Crippen LogP contribution in [0.5, 0.6) is 0 Å². The van der Waals surface area contributed by atoms with Gasteiger partial charge in [-0.3, -0.25) is 4.79 Å². The predicted octanol–water partition coefficient (Wildman–Crippen LogP) is 1.22. The first kappa shape index (κ1) is 13.5. The van der Waals surface area contributed by atoms with E-state index in [4.69, 9.17) is 9.84 Å². The van der Waals surface area contributed by atoms with Crippen molar-refractivity contribution in [2.24, 2.45) is 0 Å². The zero-order chi connectivity index (χ0) is 12.2. The van der Waals surface area contributed by atoms with E-state index in [-0.39, 0.29) is 17.6 Å². The van der Waals surface area contributed by atoms with E-state index >= 15 is 0 Å². The van der Waals surface area contributed by atoms with Gasteiger partial charge in [-0.25, -0.2) is 0 Å². The Labute approximate surface area is 97.4 Å². The molecule has 4 nitrogen and oxygen atoms in total. The molecule has 0 aromatic rings. The first-order chi connectivity index (χ1) is 7.39. The van der Waals surface area contributed by atoms with Crippen LogP contribution in [-0.4, -0.2) is 35.4 Å². The highest BCUT2D eigenvalue weighted by Crippen LogP contribution is 2.23. The summed E-state index contributed by atoms with van der Waals surface area (Å²) in [6, 6.07) is 0.213. The Bertz CT molecular complexity index is 238. The fourth-order valence-electron chi connectivity index (χ4n) is 1.99. The third-order valence-electron chi connectivity index (χ3n) is 2.85. The van der Waals surface area contributed by atoms with Crippen LogP contribution in [0, 0.1) is 0 Å². The standard InChI is InChI=1S/C12H23NO3/c1-9(14)4-5-11(15)13-10-6-7-16-12(2,3)8-10/h9-10,14H,4-8H2,1-3H3,(H,13,15). The molecule has 2 atom stereocenters. The van der Waals surface area contributed by atoms with Gasteiger partial charge in [-0.2, -0.15) is 0 Å². The first-order valence-corrected chi connectivity index (χ1v) is 6.00. The molecule has 0 aromatic carbocycles. The molecule has 0 radical (unpaired) electrons. The van der Waals surface area contributed by atoms with Gasteiger partial charge in [-0.1, -0.05) is 0 Å². The van der Waals surface area contributed by atoms with Crippen molar-refractivity contribution in [3.63, 3.8) is 0 Å². The van der Waals surface area contributed by atoms with Crippen molar-refractivity contribution in [1.82, 2.24) is 5.32 Å². The highest BCUT2D eigenvalue weighted by molar-refractivity contribution is 5.76. The van der Waals surface area contributed by atoms with Gasteiger partial charge in [0, 0.05) is 19.1 Å². The average molecular weight is 229 g/mol. The molecule has 0 aliphatic carbocycles. The second kappa shape index (κ2) is 5.64. The summed E-state index contributed by atoms with van der Waals surface area (Å²) in [5.74, 6) is 0.0311. The summed E-state index contributed by atoms with van der Waals surface area (Å²) in [7, 11) is 0. The van der Waals surface area contributed by atoms with Gasteiger partial charge < -0.3 is 15.2 Å². The summed E-state index contributed by atoms with van der Waals surface area (Å²) in [6.07, 6.45) is 2.25. The molecule has 1 rings (SSSR count). The van der Waals surface area contributed by atoms with Crippen molar-refractivity contribution in [2.45, 2.75) is 64.2 Å². The van der Waals surface area contributed by atoms with Crippen LogP contribution in [-0.2, 0) is 9.53 Å². The second-order valence-electron chi connectivity index (χ2n) is 5.25. The maximum absolute atomic E-state index is 11.6. The monoisotopic (exact) mass is 229 g/mol. The van der Waals surface area contributed by atoms with Crippen LogP contribution in [0.3, 0.4) is 0 Å². The van der Waals surface area contributed by atoms with E-state index in [1.807, 2.05) is 13.8 Å². The maximum Gasteiger partial charge on any atom is 0.220 e. The quantitative estimate of drug-likeness (QED) is 0.762. The summed E-state index contributed by atoms with van der Waals surface area (Å²) in [6.45, 7) is 6.49. The molecule has 2 unspecified atom stereocenters. The number of hydrogen-bond acceptors (Lipinski definition) is 3. The lowest BCUT2D eigenvalue weighted by molar-refractivity contribution is -0.124. The minimum atomic E-state index is -0.406. The van der Waals surface area contributed by atoms with Crippen molar-refractivity contribution in [2.75, 3.05) is 6.61 Å². The van der Waals surface area contributed by atoms with Gasteiger partial charge in [0.15, 0.2) is 0 Å². The molecule has 1 fully saturated rings. The molecule has 2 N–H and O–H groups in total. The van der Waals surface area contributed by atoms with Crippen molar-refractivity contribution in [3.05, 3.63) is 0 Å². The Kier molecular flexibility index (Phi) is 4.74. The van der Waals surface area contributed by atoms with Crippen molar-refractivity contribution in [1.29, 1.82) is 0 Å². The molecule has 1 amide bonds. The van der Waals surface area contributed by atoms with E-state index in [1.54, 1.807) is 6.92 Å². The number of hydrogen-bond donors (Lipinski definition) is 2. The number of aliphatic hydroxyl groups is 1. The highest BCUT2D eigenvalue weighted by atomic mass is 16.5. The van der Waals surface area contributed by atoms with Crippen LogP contribution >= 0.6 is 0 Å². The minimum absolute atomic E-state index is 0.0311. The smallest absolute Gasteiger partial charge is 0.220 e. The SMILES string of the molecule is CC(O)CCC(=O)NC1CCOC(C)(C)C1. The Morgan fingerprint density at radius 3 is 2.88 bits per heavy atom. The second-order valence-corrected chi connectivity index (χ2v) is 5.25. The predicted molar refractivity (Wildman–Crippen MR) is 62.1 cm³/mol. The average Bonchev–Trinajstić information content (AvgIpc) is 2.13. The van der Waals surface area contributed by atoms with E-state index in [2.05, 4.69) is 5.32 Å². The van der Waals surface area contributed by atoms with E-state index in [1.165, 1.54) is 0 Å². The van der Waals surface area contributed by atoms with Gasteiger partial charge in [-0.15, -0.1) is 0 Å². The summed E-state index contributed by atoms with van der Waals surface area (Å²) < 4.78 is 5.58. The normalized spacial score (nSPS) is 26.1. The fourth-order valence-corrected chi connectivity index (χ4v) is 1.99. The van der Waals surface area contributed by atoms with Gasteiger partial charge in [-0.05, 0) is 40.0 Å². The number of rotatable bonds is 4. The number of carbonyl (C=O) groups is 1. The van der Waals surface area contributed by atoms with Crippen LogP contribution in [0.2, 0.25) is 0 Å². The van der Waals surface area contributed by atoms with Crippen LogP contribution < -0.4 is 5.32 Å². The first-order valence-electron chi connectivity index (χ1n) is 6.00. The number of ether oxygens (including phenoxy) is 1. The zero-order valence-electron chi connectivity index (χ0n) is 10.5. The molecule has 0 spiro atoms. The lowest BCUT2D eigenvalue weighted by Crippen LogP contribution is -2.45. The molecular formula is C12H23NO3. The van der Waals surface area contributed by atoms with Crippen LogP contribution in [0.1, 0.15) is 46.5 Å². The lowest BCUT2D eigenvalue weighted by atomic mass is 9.94. The fraction of sp³-hybridized carbons (Fsp3) is 0.917. The maximum atomic E-state index is 11.6. The Morgan fingerprint density at radius 1 is 1.62 bits per heavy atom. The Hall–Kier alpha value is -0.610. The molecular weight excluding hydrogens is 206 g/mol. The van der Waals surface area contributed by atoms with E-state index in [0.29, 0.717) is 19.4 Å². The summed E-state index contributed by atoms with van der Waals surface area (Å²) in [5, 5.41) is 12.1. The van der Waals surface area contributed by atoms with E-state index in [9.17, 15) is 4.79 Å². The largest absolute Gasteiger partial charge is 0.393 e. The minimum Gasteiger partial charge on any atom is -0.393 e. The van der Waals surface area contributed by atoms with Crippen molar-refractivity contribution >= 4 is 5.91 Å². The Morgan fingerprint density at radius 2 is 2.31 bits per heavy atom. The molecule has 0 saturated carbocycles. The zero-order valence-corrected chi connectivity index (χ0v) is 10.5. The topological polar surface area (TPSA) is 58.6 Å². The molecule has 0 aromatic heterocycles. The van der Waals surface area contributed by atoms with Crippen LogP contribution in [0.15, 0.2) is 0 Å². The van der Waals surface area contributed by atoms with Crippen molar-refractivity contribution < 1.29 is 14.6 Å². The third kappa shape index (κ3) is 4.94. The van der Waals surface area contributed by atoms with Crippen LogP contribution in [0.4, 0.5) is 0 Å². The van der Waals surface area contributed by atoms with Gasteiger partial charge in [0.25, 0.3) is 0 Å². The molecule has 1 heterocycles. The summed E-state index contributed by atoms with van der Waals surface area (Å²) >= 11 is 0. The molecule has 1 saturated heterocycles. The molecule has 16 heavy (non-hydrogen) atoms. The lowest BCUT2D eigenvalue weighted by Gasteiger charge is -2.35. The Balaban J connectivity index is 2.28. The number of aliphatic hydroxyl groups excluding tert-OH is 1. The number of carbonyl (C=O) groups excluding carboxylic acids is 1. The van der Waals surface area contributed by atoms with E-state index < -0.39 is 6.10 Å². The molecule has 4 heteroatoms. The highest BCUT2D eigenvalue weighted by Gasteiger charge is 2.29. The van der Waals surface area contributed by atoms with Crippen molar-refractivity contribution in [3.8, 4) is 0 Å². The van der Waals surface area contributed by atoms with Gasteiger partial charge >= 0.3 is 0 Å². The van der Waals surface area contributed by atoms with Gasteiger partial charge in [0.05, 0.1) is 11.7 Å².